The highest BCUT2D eigenvalue weighted by atomic mass is 15.2. The van der Waals surface area contributed by atoms with E-state index in [1.807, 2.05) is 0 Å². The highest BCUT2D eigenvalue weighted by Gasteiger charge is 2.47. The van der Waals surface area contributed by atoms with Gasteiger partial charge < -0.3 is 9.80 Å². The van der Waals surface area contributed by atoms with E-state index in [1.165, 1.54) is 99.2 Å². The van der Waals surface area contributed by atoms with Gasteiger partial charge in [-0.25, -0.2) is 0 Å². The van der Waals surface area contributed by atoms with E-state index in [2.05, 4.69) is 224 Å². The summed E-state index contributed by atoms with van der Waals surface area (Å²) in [6.45, 7) is 22.0. The maximum atomic E-state index is 2.88. The zero-order chi connectivity index (χ0) is 48.6. The fourth-order valence-electron chi connectivity index (χ4n) is 13.7. The molecule has 0 radical (unpaired) electrons. The average Bonchev–Trinajstić information content (AvgIpc) is 3.39. The van der Waals surface area contributed by atoms with Gasteiger partial charge in [0.1, 0.15) is 0 Å². The van der Waals surface area contributed by atoms with Crippen LogP contribution in [0.5, 0.6) is 0 Å². The van der Waals surface area contributed by atoms with Crippen LogP contribution in [0.15, 0.2) is 169 Å². The van der Waals surface area contributed by atoms with Crippen molar-refractivity contribution >= 4 is 45.9 Å². The van der Waals surface area contributed by atoms with Crippen molar-refractivity contribution in [3.63, 3.8) is 0 Å². The van der Waals surface area contributed by atoms with Crippen molar-refractivity contribution < 1.29 is 0 Å². The third kappa shape index (κ3) is 8.12. The molecule has 0 bridgehead atoms. The quantitative estimate of drug-likeness (QED) is 0.107. The molecule has 2 atom stereocenters. The molecule has 11 rings (SSSR count). The van der Waals surface area contributed by atoms with Gasteiger partial charge in [-0.15, -0.1) is 0 Å². The van der Waals surface area contributed by atoms with Gasteiger partial charge in [-0.05, 0) is 149 Å². The largest absolute Gasteiger partial charge is 0.339 e. The zero-order valence-electron chi connectivity index (χ0n) is 43.9. The molecule has 2 nitrogen and oxygen atoms in total. The van der Waals surface area contributed by atoms with E-state index in [0.717, 1.165) is 38.5 Å². The van der Waals surface area contributed by atoms with Crippen LogP contribution in [0.2, 0.25) is 0 Å². The molecule has 70 heavy (non-hydrogen) atoms. The first-order valence-corrected chi connectivity index (χ1v) is 27.2. The zero-order valence-corrected chi connectivity index (χ0v) is 43.9. The molecule has 5 aromatic carbocycles. The molecular weight excluding hydrogens is 844 g/mol. The lowest BCUT2D eigenvalue weighted by Gasteiger charge is -2.49. The van der Waals surface area contributed by atoms with Gasteiger partial charge in [0.15, 0.2) is 0 Å². The summed E-state index contributed by atoms with van der Waals surface area (Å²) in [5.74, 6) is 1.09. The minimum Gasteiger partial charge on any atom is -0.339 e. The highest BCUT2D eigenvalue weighted by Crippen LogP contribution is 2.50. The van der Waals surface area contributed by atoms with Crippen LogP contribution in [-0.4, -0.2) is 12.8 Å². The summed E-state index contributed by atoms with van der Waals surface area (Å²) in [6, 6.07) is 43.5. The van der Waals surface area contributed by atoms with Gasteiger partial charge in [0.05, 0.1) is 0 Å². The summed E-state index contributed by atoms with van der Waals surface area (Å²) in [5.41, 5.74) is 21.6. The topological polar surface area (TPSA) is 6.48 Å². The van der Waals surface area contributed by atoms with Crippen molar-refractivity contribution in [2.75, 3.05) is 9.80 Å². The van der Waals surface area contributed by atoms with Crippen LogP contribution in [0, 0.1) is 11.3 Å². The molecule has 2 aliphatic heterocycles. The van der Waals surface area contributed by atoms with Crippen LogP contribution in [-0.2, 0) is 16.2 Å². The number of rotatable bonds is 9. The number of hydrogen-bond donors (Lipinski definition) is 0. The third-order valence-corrected chi connectivity index (χ3v) is 18.5. The van der Waals surface area contributed by atoms with Crippen molar-refractivity contribution in [1.29, 1.82) is 0 Å². The Bertz CT molecular complexity index is 2940. The minimum absolute atomic E-state index is 0.00432. The van der Waals surface area contributed by atoms with E-state index in [1.54, 1.807) is 16.7 Å². The van der Waals surface area contributed by atoms with Crippen molar-refractivity contribution in [2.24, 2.45) is 11.3 Å². The van der Waals surface area contributed by atoms with E-state index in [0.29, 0.717) is 17.9 Å². The molecule has 2 unspecified atom stereocenters. The monoisotopic (exact) mass is 921 g/mol. The van der Waals surface area contributed by atoms with Gasteiger partial charge in [0.2, 0.25) is 0 Å². The van der Waals surface area contributed by atoms with Crippen molar-refractivity contribution in [2.45, 2.75) is 161 Å². The summed E-state index contributed by atoms with van der Waals surface area (Å²) in [7, 11) is 0. The summed E-state index contributed by atoms with van der Waals surface area (Å²) in [4.78, 5) is 5.66. The van der Waals surface area contributed by atoms with Gasteiger partial charge >= 0.3 is 0 Å². The first kappa shape index (κ1) is 46.8. The first-order valence-electron chi connectivity index (χ1n) is 27.2. The van der Waals surface area contributed by atoms with Crippen molar-refractivity contribution in [3.05, 3.63) is 196 Å². The van der Waals surface area contributed by atoms with Gasteiger partial charge in [-0.1, -0.05) is 214 Å². The standard InChI is InChI=1S/C67H77BN2/c1-64(2,3)53-34-40-59-57(44-53)68-58-45-54(67(8,9)50-28-20-13-21-29-50)35-41-60(58)70(56-38-32-52(33-39-56)66(6,7)49-26-18-12-19-27-49)62-43-47(46-22-14-10-15-23-46)42-61(63(62)68)69(59)55-36-30-51(31-37-55)65(4,5)48-24-16-11-17-25-48/h11-13,16-21,24-26,28-30,32,34-35,38,40-46,49,55H,10,14-15,22-23,27,31,33,36-37,39H2,1-9H3. The average molecular weight is 921 g/mol. The number of fused-ring (bicyclic) bond motifs is 4. The molecule has 6 aliphatic rings. The molecule has 2 heterocycles. The van der Waals surface area contributed by atoms with Crippen LogP contribution >= 0.6 is 0 Å². The fourth-order valence-corrected chi connectivity index (χ4v) is 13.7. The Hall–Kier alpha value is -5.54. The SMILES string of the molecule is CC(C)(C)c1ccc2c(c1)B1c3cc(C(C)(C)c4ccccc4)ccc3N(C3=CC=C(C(C)(C)C4C=CC=CC4)CC3)c3cc(C4CCCCC4)cc(c31)N2C1CC=C(C(C)(C)c2ccccc2)CC1. The number of nitrogens with zero attached hydrogens (tertiary/aromatic N) is 2. The number of anilines is 4. The molecule has 3 heteroatoms. The molecule has 0 amide bonds. The van der Waals surface area contributed by atoms with Crippen LogP contribution < -0.4 is 26.2 Å². The van der Waals surface area contributed by atoms with Crippen molar-refractivity contribution in [3.8, 4) is 0 Å². The summed E-state index contributed by atoms with van der Waals surface area (Å²) in [5, 5.41) is 0. The Morgan fingerprint density at radius 2 is 1.19 bits per heavy atom. The summed E-state index contributed by atoms with van der Waals surface area (Å²) < 4.78 is 0. The minimum atomic E-state index is -0.179. The van der Waals surface area contributed by atoms with E-state index in [9.17, 15) is 0 Å². The second-order valence-electron chi connectivity index (χ2n) is 24.6. The number of benzene rings is 5. The van der Waals surface area contributed by atoms with Crippen LogP contribution in [0.4, 0.5) is 22.7 Å². The lowest BCUT2D eigenvalue weighted by atomic mass is 9.33. The molecular formula is C67H77BN2. The van der Waals surface area contributed by atoms with Gasteiger partial charge in [-0.2, -0.15) is 0 Å². The Morgan fingerprint density at radius 3 is 1.83 bits per heavy atom. The smallest absolute Gasteiger partial charge is 0.252 e. The Labute approximate surface area is 422 Å². The van der Waals surface area contributed by atoms with E-state index >= 15 is 0 Å². The molecule has 5 aromatic rings. The Kier molecular flexibility index (Phi) is 12.0. The maximum absolute atomic E-state index is 2.88. The Balaban J connectivity index is 1.14. The Morgan fingerprint density at radius 1 is 0.529 bits per heavy atom. The maximum Gasteiger partial charge on any atom is 0.252 e. The predicted molar refractivity (Wildman–Crippen MR) is 302 cm³/mol. The predicted octanol–water partition coefficient (Wildman–Crippen LogP) is 16.0. The summed E-state index contributed by atoms with van der Waals surface area (Å²) >= 11 is 0. The molecule has 4 aliphatic carbocycles. The lowest BCUT2D eigenvalue weighted by molar-refractivity contribution is 0.309. The second-order valence-corrected chi connectivity index (χ2v) is 24.6. The lowest BCUT2D eigenvalue weighted by Crippen LogP contribution is -2.63. The molecule has 1 fully saturated rings. The fraction of sp³-hybridized carbons (Fsp3) is 0.403. The van der Waals surface area contributed by atoms with Crippen LogP contribution in [0.1, 0.15) is 167 Å². The first-order chi connectivity index (χ1) is 33.6. The highest BCUT2D eigenvalue weighted by molar-refractivity contribution is 7.00. The summed E-state index contributed by atoms with van der Waals surface area (Å²) in [6.07, 6.45) is 30.0. The molecule has 0 N–H and O–H groups in total. The molecule has 0 saturated heterocycles. The van der Waals surface area contributed by atoms with Crippen molar-refractivity contribution in [1.82, 2.24) is 0 Å². The van der Waals surface area contributed by atoms with E-state index < -0.39 is 0 Å². The van der Waals surface area contributed by atoms with Gasteiger partial charge in [0.25, 0.3) is 6.71 Å². The third-order valence-electron chi connectivity index (χ3n) is 18.5. The van der Waals surface area contributed by atoms with Gasteiger partial charge in [0, 0.05) is 45.3 Å². The second kappa shape index (κ2) is 17.9. The van der Waals surface area contributed by atoms with E-state index in [-0.39, 0.29) is 28.4 Å². The normalized spacial score (nSPS) is 20.6. The number of hydrogen-bond acceptors (Lipinski definition) is 2. The van der Waals surface area contributed by atoms with Crippen LogP contribution in [0.25, 0.3) is 0 Å². The van der Waals surface area contributed by atoms with E-state index in [4.69, 9.17) is 0 Å². The molecule has 0 spiro atoms. The molecule has 0 aromatic heterocycles. The van der Waals surface area contributed by atoms with Gasteiger partial charge in [-0.3, -0.25) is 0 Å². The molecule has 358 valence electrons. The number of allylic oxidation sites excluding steroid dienone is 9. The van der Waals surface area contributed by atoms with Crippen LogP contribution in [0.3, 0.4) is 0 Å². The molecule has 1 saturated carbocycles.